The fourth-order valence-electron chi connectivity index (χ4n) is 2.54. The number of amides is 1. The molecular formula is C19H18N2O3. The summed E-state index contributed by atoms with van der Waals surface area (Å²) in [4.78, 5) is 12.7. The van der Waals surface area contributed by atoms with Crippen molar-refractivity contribution in [2.75, 3.05) is 19.2 Å². The van der Waals surface area contributed by atoms with Gasteiger partial charge < -0.3 is 9.47 Å². The van der Waals surface area contributed by atoms with Gasteiger partial charge >= 0.3 is 0 Å². The van der Waals surface area contributed by atoms with Gasteiger partial charge in [0.2, 0.25) is 0 Å². The van der Waals surface area contributed by atoms with Crippen LogP contribution < -0.4 is 14.5 Å². The highest BCUT2D eigenvalue weighted by atomic mass is 16.5. The second kappa shape index (κ2) is 6.58. The van der Waals surface area contributed by atoms with Gasteiger partial charge in [-0.25, -0.2) is 0 Å². The van der Waals surface area contributed by atoms with Crippen LogP contribution in [0, 0.1) is 0 Å². The molecule has 0 atom stereocenters. The van der Waals surface area contributed by atoms with Crippen molar-refractivity contribution < 1.29 is 14.3 Å². The second-order valence-electron chi connectivity index (χ2n) is 5.30. The number of methoxy groups -OCH3 is 2. The lowest BCUT2D eigenvalue weighted by molar-refractivity contribution is -0.114. The number of hydrogen-bond acceptors (Lipinski definition) is 4. The third-order valence-corrected chi connectivity index (χ3v) is 3.80. The number of carbonyl (C=O) groups is 1. The van der Waals surface area contributed by atoms with E-state index < -0.39 is 0 Å². The molecule has 1 amide bonds. The lowest BCUT2D eigenvalue weighted by atomic mass is 10.1. The first-order chi connectivity index (χ1) is 11.6. The van der Waals surface area contributed by atoms with Crippen molar-refractivity contribution in [2.24, 2.45) is 5.10 Å². The fraction of sp³-hybridized carbons (Fsp3) is 0.158. The van der Waals surface area contributed by atoms with Crippen LogP contribution in [0.4, 0.5) is 5.69 Å². The number of hydrogen-bond donors (Lipinski definition) is 0. The van der Waals surface area contributed by atoms with Crippen molar-refractivity contribution in [3.05, 3.63) is 59.7 Å². The zero-order valence-electron chi connectivity index (χ0n) is 13.8. The van der Waals surface area contributed by atoms with Crippen molar-refractivity contribution in [2.45, 2.75) is 6.92 Å². The van der Waals surface area contributed by atoms with Gasteiger partial charge in [-0.05, 0) is 43.3 Å². The Balaban J connectivity index is 2.00. The summed E-state index contributed by atoms with van der Waals surface area (Å²) in [7, 11) is 3.20. The van der Waals surface area contributed by atoms with Crippen molar-refractivity contribution >= 4 is 23.4 Å². The molecule has 5 heteroatoms. The summed E-state index contributed by atoms with van der Waals surface area (Å²) in [6.07, 6.45) is 1.78. The van der Waals surface area contributed by atoms with Crippen LogP contribution in [0.2, 0.25) is 0 Å². The summed E-state index contributed by atoms with van der Waals surface area (Å²) >= 11 is 0. The summed E-state index contributed by atoms with van der Waals surface area (Å²) < 4.78 is 10.6. The molecule has 1 aliphatic heterocycles. The van der Waals surface area contributed by atoms with Crippen molar-refractivity contribution in [3.8, 4) is 11.5 Å². The summed E-state index contributed by atoms with van der Waals surface area (Å²) in [6, 6.07) is 14.8. The first-order valence-electron chi connectivity index (χ1n) is 7.53. The van der Waals surface area contributed by atoms with Crippen LogP contribution in [0.3, 0.4) is 0 Å². The first kappa shape index (κ1) is 15.8. The van der Waals surface area contributed by atoms with Gasteiger partial charge in [-0.1, -0.05) is 18.2 Å². The largest absolute Gasteiger partial charge is 0.497 e. The molecule has 0 spiro atoms. The van der Waals surface area contributed by atoms with E-state index in [1.54, 1.807) is 20.3 Å². The van der Waals surface area contributed by atoms with Crippen LogP contribution in [0.15, 0.2) is 59.2 Å². The lowest BCUT2D eigenvalue weighted by Gasteiger charge is -2.11. The highest BCUT2D eigenvalue weighted by Crippen LogP contribution is 2.29. The molecule has 3 rings (SSSR count). The molecule has 5 nitrogen and oxygen atoms in total. The van der Waals surface area contributed by atoms with E-state index in [9.17, 15) is 4.79 Å². The quantitative estimate of drug-likeness (QED) is 0.809. The van der Waals surface area contributed by atoms with Gasteiger partial charge in [0.15, 0.2) is 0 Å². The molecule has 1 aliphatic rings. The highest BCUT2D eigenvalue weighted by molar-refractivity contribution is 6.32. The van der Waals surface area contributed by atoms with E-state index in [1.807, 2.05) is 55.5 Å². The van der Waals surface area contributed by atoms with Crippen molar-refractivity contribution in [1.29, 1.82) is 0 Å². The first-order valence-corrected chi connectivity index (χ1v) is 7.53. The van der Waals surface area contributed by atoms with Crippen molar-refractivity contribution in [1.82, 2.24) is 0 Å². The van der Waals surface area contributed by atoms with Crippen LogP contribution >= 0.6 is 0 Å². The molecule has 0 bridgehead atoms. The molecule has 2 aromatic rings. The lowest BCUT2D eigenvalue weighted by Crippen LogP contribution is -2.21. The number of carbonyl (C=O) groups excluding carboxylic acids is 1. The van der Waals surface area contributed by atoms with Crippen LogP contribution in [0.1, 0.15) is 12.5 Å². The Hall–Kier alpha value is -3.08. The van der Waals surface area contributed by atoms with Gasteiger partial charge in [0.05, 0.1) is 31.2 Å². The van der Waals surface area contributed by atoms with Gasteiger partial charge in [0.25, 0.3) is 5.91 Å². The number of anilines is 1. The average Bonchev–Trinajstić information content (AvgIpc) is 2.90. The van der Waals surface area contributed by atoms with Gasteiger partial charge in [-0.2, -0.15) is 10.1 Å². The Morgan fingerprint density at radius 1 is 1.04 bits per heavy atom. The third kappa shape index (κ3) is 2.88. The van der Waals surface area contributed by atoms with Gasteiger partial charge in [-0.15, -0.1) is 0 Å². The zero-order chi connectivity index (χ0) is 17.1. The molecule has 24 heavy (non-hydrogen) atoms. The smallest absolute Gasteiger partial charge is 0.280 e. The average molecular weight is 322 g/mol. The van der Waals surface area contributed by atoms with E-state index in [2.05, 4.69) is 5.10 Å². The molecule has 0 saturated carbocycles. The standard InChI is InChI=1S/C19H18N2O3/c1-13-17(12-14-11-16(23-2)9-10-18(14)24-3)19(22)21(20-13)15-7-5-4-6-8-15/h4-12H,1-3H3. The van der Waals surface area contributed by atoms with E-state index in [1.165, 1.54) is 5.01 Å². The zero-order valence-corrected chi connectivity index (χ0v) is 13.8. The summed E-state index contributed by atoms with van der Waals surface area (Å²) in [6.45, 7) is 1.82. The summed E-state index contributed by atoms with van der Waals surface area (Å²) in [5.41, 5.74) is 2.70. The molecule has 2 aromatic carbocycles. The molecule has 0 fully saturated rings. The van der Waals surface area contributed by atoms with E-state index in [4.69, 9.17) is 9.47 Å². The van der Waals surface area contributed by atoms with Gasteiger partial charge in [0, 0.05) is 5.56 Å². The Labute approximate surface area is 140 Å². The van der Waals surface area contributed by atoms with E-state index in [0.717, 1.165) is 11.3 Å². The van der Waals surface area contributed by atoms with Gasteiger partial charge in [-0.3, -0.25) is 4.79 Å². The molecule has 0 saturated heterocycles. The minimum atomic E-state index is -0.163. The molecule has 0 N–H and O–H groups in total. The maximum absolute atomic E-state index is 12.7. The van der Waals surface area contributed by atoms with E-state index in [-0.39, 0.29) is 5.91 Å². The minimum absolute atomic E-state index is 0.163. The molecular weight excluding hydrogens is 304 g/mol. The number of para-hydroxylation sites is 1. The van der Waals surface area contributed by atoms with E-state index in [0.29, 0.717) is 22.8 Å². The normalized spacial score (nSPS) is 15.6. The number of nitrogens with zero attached hydrogens (tertiary/aromatic N) is 2. The Bertz CT molecular complexity index is 826. The van der Waals surface area contributed by atoms with Crippen LogP contribution in [0.25, 0.3) is 6.08 Å². The molecule has 0 radical (unpaired) electrons. The molecule has 122 valence electrons. The van der Waals surface area contributed by atoms with Crippen LogP contribution in [0.5, 0.6) is 11.5 Å². The summed E-state index contributed by atoms with van der Waals surface area (Å²) in [5, 5.41) is 5.79. The van der Waals surface area contributed by atoms with Crippen LogP contribution in [-0.4, -0.2) is 25.8 Å². The van der Waals surface area contributed by atoms with E-state index >= 15 is 0 Å². The molecule has 0 aliphatic carbocycles. The number of ether oxygens (including phenoxy) is 2. The highest BCUT2D eigenvalue weighted by Gasteiger charge is 2.28. The fourth-order valence-corrected chi connectivity index (χ4v) is 2.54. The molecule has 1 heterocycles. The monoisotopic (exact) mass is 322 g/mol. The Kier molecular flexibility index (Phi) is 4.33. The maximum atomic E-state index is 12.7. The maximum Gasteiger partial charge on any atom is 0.280 e. The summed E-state index contributed by atoms with van der Waals surface area (Å²) in [5.74, 6) is 1.20. The number of rotatable bonds is 4. The topological polar surface area (TPSA) is 51.1 Å². The Morgan fingerprint density at radius 3 is 2.46 bits per heavy atom. The Morgan fingerprint density at radius 2 is 1.79 bits per heavy atom. The second-order valence-corrected chi connectivity index (χ2v) is 5.30. The predicted molar refractivity (Wildman–Crippen MR) is 94.6 cm³/mol. The minimum Gasteiger partial charge on any atom is -0.497 e. The van der Waals surface area contributed by atoms with Crippen LogP contribution in [-0.2, 0) is 4.79 Å². The SMILES string of the molecule is COc1ccc(OC)c(C=C2C(=O)N(c3ccccc3)N=C2C)c1. The number of hydrazone groups is 1. The van der Waals surface area contributed by atoms with Gasteiger partial charge in [0.1, 0.15) is 11.5 Å². The predicted octanol–water partition coefficient (Wildman–Crippen LogP) is 3.51. The molecule has 0 unspecified atom stereocenters. The molecule has 0 aromatic heterocycles. The third-order valence-electron chi connectivity index (χ3n) is 3.80. The van der Waals surface area contributed by atoms with Crippen molar-refractivity contribution in [3.63, 3.8) is 0 Å². The number of benzene rings is 2.